The average Bonchev–Trinajstić information content (AvgIpc) is 2.84. The average molecular weight is 273 g/mol. The van der Waals surface area contributed by atoms with E-state index in [0.29, 0.717) is 11.3 Å². The fourth-order valence-corrected chi connectivity index (χ4v) is 2.21. The third-order valence-corrected chi connectivity index (χ3v) is 3.37. The molecule has 1 aromatic heterocycles. The summed E-state index contributed by atoms with van der Waals surface area (Å²) in [6, 6.07) is 11.4. The van der Waals surface area contributed by atoms with Crippen LogP contribution in [0, 0.1) is 11.6 Å². The lowest BCUT2D eigenvalue weighted by molar-refractivity contribution is 0.565. The third kappa shape index (κ3) is 1.96. The van der Waals surface area contributed by atoms with Crippen molar-refractivity contribution in [2.45, 2.75) is 12.5 Å². The molecular weight excluding hydrogens is 260 g/mol. The second-order valence-corrected chi connectivity index (χ2v) is 4.94. The molecule has 0 radical (unpaired) electrons. The number of imidazole rings is 1. The number of benzene rings is 2. The van der Waals surface area contributed by atoms with Crippen molar-refractivity contribution in [1.82, 2.24) is 9.97 Å². The van der Waals surface area contributed by atoms with Gasteiger partial charge in [-0.05, 0) is 18.6 Å². The predicted molar refractivity (Wildman–Crippen MR) is 73.1 cm³/mol. The molecule has 0 aliphatic heterocycles. The van der Waals surface area contributed by atoms with Crippen molar-refractivity contribution in [2.75, 3.05) is 0 Å². The second kappa shape index (κ2) is 4.38. The highest BCUT2D eigenvalue weighted by Gasteiger charge is 2.28. The highest BCUT2D eigenvalue weighted by molar-refractivity contribution is 5.76. The van der Waals surface area contributed by atoms with Crippen LogP contribution in [0.3, 0.4) is 0 Å². The van der Waals surface area contributed by atoms with Gasteiger partial charge in [0.2, 0.25) is 0 Å². The molecule has 1 heterocycles. The van der Waals surface area contributed by atoms with Crippen molar-refractivity contribution in [3.63, 3.8) is 0 Å². The zero-order valence-corrected chi connectivity index (χ0v) is 10.8. The lowest BCUT2D eigenvalue weighted by Crippen LogP contribution is -2.35. The van der Waals surface area contributed by atoms with Crippen molar-refractivity contribution in [3.05, 3.63) is 65.5 Å². The molecule has 0 aliphatic rings. The van der Waals surface area contributed by atoms with Gasteiger partial charge < -0.3 is 10.7 Å². The summed E-state index contributed by atoms with van der Waals surface area (Å²) in [4.78, 5) is 7.08. The number of halogens is 2. The van der Waals surface area contributed by atoms with Gasteiger partial charge in [-0.1, -0.05) is 30.3 Å². The number of aromatic nitrogens is 2. The number of nitrogens with zero attached hydrogens (tertiary/aromatic N) is 1. The zero-order valence-electron chi connectivity index (χ0n) is 10.8. The Kier molecular flexibility index (Phi) is 2.79. The molecular formula is C15H13F2N3. The maximum Gasteiger partial charge on any atom is 0.153 e. The lowest BCUT2D eigenvalue weighted by Gasteiger charge is -2.22. The first-order valence-corrected chi connectivity index (χ1v) is 6.18. The minimum Gasteiger partial charge on any atom is -0.340 e. The van der Waals surface area contributed by atoms with Crippen LogP contribution in [0.2, 0.25) is 0 Å². The van der Waals surface area contributed by atoms with E-state index < -0.39 is 17.2 Å². The molecule has 0 spiro atoms. The van der Waals surface area contributed by atoms with Crippen LogP contribution in [0.15, 0.2) is 42.5 Å². The van der Waals surface area contributed by atoms with Gasteiger partial charge in [-0.3, -0.25) is 0 Å². The van der Waals surface area contributed by atoms with Gasteiger partial charge in [0.1, 0.15) is 17.2 Å². The molecule has 0 aliphatic carbocycles. The van der Waals surface area contributed by atoms with Crippen LogP contribution in [0.4, 0.5) is 8.78 Å². The van der Waals surface area contributed by atoms with Crippen LogP contribution in [0.5, 0.6) is 0 Å². The molecule has 3 rings (SSSR count). The van der Waals surface area contributed by atoms with E-state index in [2.05, 4.69) is 9.97 Å². The Labute approximate surface area is 114 Å². The minimum atomic E-state index is -0.913. The Hall–Kier alpha value is -2.27. The molecule has 0 bridgehead atoms. The summed E-state index contributed by atoms with van der Waals surface area (Å²) in [5, 5.41) is 0. The maximum atomic E-state index is 13.7. The van der Waals surface area contributed by atoms with E-state index >= 15 is 0 Å². The van der Waals surface area contributed by atoms with E-state index in [1.165, 1.54) is 6.07 Å². The summed E-state index contributed by atoms with van der Waals surface area (Å²) in [5.41, 5.74) is 6.61. The number of aromatic amines is 1. The molecule has 0 amide bonds. The quantitative estimate of drug-likeness (QED) is 0.754. The SMILES string of the molecule is CC(N)(c1ccccc1)c1nc2c(F)cc(F)cc2[nH]1. The van der Waals surface area contributed by atoms with Gasteiger partial charge in [0, 0.05) is 6.07 Å². The monoisotopic (exact) mass is 273 g/mol. The van der Waals surface area contributed by atoms with Crippen molar-refractivity contribution >= 4 is 11.0 Å². The molecule has 20 heavy (non-hydrogen) atoms. The summed E-state index contributed by atoms with van der Waals surface area (Å²) < 4.78 is 26.9. The molecule has 0 saturated heterocycles. The molecule has 3 aromatic rings. The highest BCUT2D eigenvalue weighted by Crippen LogP contribution is 2.27. The van der Waals surface area contributed by atoms with Crippen molar-refractivity contribution in [2.24, 2.45) is 5.73 Å². The van der Waals surface area contributed by atoms with Crippen LogP contribution in [-0.2, 0) is 5.54 Å². The van der Waals surface area contributed by atoms with Crippen LogP contribution in [0.25, 0.3) is 11.0 Å². The van der Waals surface area contributed by atoms with E-state index in [-0.39, 0.29) is 5.52 Å². The van der Waals surface area contributed by atoms with E-state index in [4.69, 9.17) is 5.73 Å². The molecule has 3 nitrogen and oxygen atoms in total. The summed E-state index contributed by atoms with van der Waals surface area (Å²) in [7, 11) is 0. The minimum absolute atomic E-state index is 0.0917. The van der Waals surface area contributed by atoms with E-state index in [9.17, 15) is 8.78 Å². The fourth-order valence-electron chi connectivity index (χ4n) is 2.21. The Bertz CT molecular complexity index is 763. The van der Waals surface area contributed by atoms with Crippen molar-refractivity contribution in [1.29, 1.82) is 0 Å². The number of nitrogens with two attached hydrogens (primary N) is 1. The number of nitrogens with one attached hydrogen (secondary N) is 1. The summed E-state index contributed by atoms with van der Waals surface area (Å²) in [6.45, 7) is 1.77. The molecule has 2 aromatic carbocycles. The lowest BCUT2D eigenvalue weighted by atomic mass is 9.92. The number of H-pyrrole nitrogens is 1. The highest BCUT2D eigenvalue weighted by atomic mass is 19.1. The van der Waals surface area contributed by atoms with E-state index in [0.717, 1.165) is 11.6 Å². The van der Waals surface area contributed by atoms with E-state index in [1.807, 2.05) is 30.3 Å². The number of hydrogen-bond donors (Lipinski definition) is 2. The largest absolute Gasteiger partial charge is 0.340 e. The topological polar surface area (TPSA) is 54.7 Å². The maximum absolute atomic E-state index is 13.7. The number of hydrogen-bond acceptors (Lipinski definition) is 2. The summed E-state index contributed by atoms with van der Waals surface area (Å²) in [5.74, 6) is -0.960. The molecule has 3 N–H and O–H groups in total. The molecule has 0 saturated carbocycles. The van der Waals surface area contributed by atoms with Gasteiger partial charge in [-0.15, -0.1) is 0 Å². The van der Waals surface area contributed by atoms with E-state index in [1.54, 1.807) is 6.92 Å². The third-order valence-electron chi connectivity index (χ3n) is 3.37. The smallest absolute Gasteiger partial charge is 0.153 e. The fraction of sp³-hybridized carbons (Fsp3) is 0.133. The first-order valence-electron chi connectivity index (χ1n) is 6.18. The number of fused-ring (bicyclic) bond motifs is 1. The van der Waals surface area contributed by atoms with Gasteiger partial charge in [0.05, 0.1) is 11.1 Å². The summed E-state index contributed by atoms with van der Waals surface area (Å²) >= 11 is 0. The standard InChI is InChI=1S/C15H13F2N3/c1-15(18,9-5-3-2-4-6-9)14-19-12-8-10(16)7-11(17)13(12)20-14/h2-8H,18H2,1H3,(H,19,20). The molecule has 1 atom stereocenters. The normalized spacial score (nSPS) is 14.4. The molecule has 1 unspecified atom stereocenters. The molecule has 5 heteroatoms. The van der Waals surface area contributed by atoms with Crippen LogP contribution >= 0.6 is 0 Å². The van der Waals surface area contributed by atoms with Crippen LogP contribution in [-0.4, -0.2) is 9.97 Å². The van der Waals surface area contributed by atoms with Crippen molar-refractivity contribution in [3.8, 4) is 0 Å². The molecule has 102 valence electrons. The van der Waals surface area contributed by atoms with Crippen LogP contribution in [0.1, 0.15) is 18.3 Å². The Morgan fingerprint density at radius 3 is 2.55 bits per heavy atom. The Morgan fingerprint density at radius 2 is 1.85 bits per heavy atom. The first-order chi connectivity index (χ1) is 9.48. The van der Waals surface area contributed by atoms with Crippen LogP contribution < -0.4 is 5.73 Å². The van der Waals surface area contributed by atoms with Gasteiger partial charge in [-0.2, -0.15) is 0 Å². The van der Waals surface area contributed by atoms with Gasteiger partial charge in [0.15, 0.2) is 5.82 Å². The molecule has 0 fully saturated rings. The Balaban J connectivity index is 2.17. The zero-order chi connectivity index (χ0) is 14.3. The summed E-state index contributed by atoms with van der Waals surface area (Å²) in [6.07, 6.45) is 0. The van der Waals surface area contributed by atoms with Crippen molar-refractivity contribution < 1.29 is 8.78 Å². The Morgan fingerprint density at radius 1 is 1.15 bits per heavy atom. The second-order valence-electron chi connectivity index (χ2n) is 4.94. The van der Waals surface area contributed by atoms with Gasteiger partial charge >= 0.3 is 0 Å². The van der Waals surface area contributed by atoms with Gasteiger partial charge in [0.25, 0.3) is 0 Å². The van der Waals surface area contributed by atoms with Gasteiger partial charge in [-0.25, -0.2) is 13.8 Å². The predicted octanol–water partition coefficient (Wildman–Crippen LogP) is 3.06. The first kappa shape index (κ1) is 12.7. The number of rotatable bonds is 2.